The van der Waals surface area contributed by atoms with Gasteiger partial charge in [0, 0.05) is 42.8 Å². The van der Waals surface area contributed by atoms with E-state index in [9.17, 15) is 4.79 Å². The fourth-order valence-corrected chi connectivity index (χ4v) is 3.31. The van der Waals surface area contributed by atoms with E-state index in [1.54, 1.807) is 24.1 Å². The number of carbonyl (C=O) groups excluding carboxylic acids is 1. The molecule has 0 aliphatic carbocycles. The first kappa shape index (κ1) is 16.1. The summed E-state index contributed by atoms with van der Waals surface area (Å²) in [5, 5.41) is 8.30. The lowest BCUT2D eigenvalue weighted by Gasteiger charge is -2.18. The average Bonchev–Trinajstić information content (AvgIpc) is 3.29. The van der Waals surface area contributed by atoms with Crippen molar-refractivity contribution in [1.82, 2.24) is 20.1 Å². The van der Waals surface area contributed by atoms with E-state index in [4.69, 9.17) is 0 Å². The van der Waals surface area contributed by atoms with Crippen LogP contribution in [0, 0.1) is 0 Å². The van der Waals surface area contributed by atoms with Crippen LogP contribution in [0.1, 0.15) is 27.4 Å². The van der Waals surface area contributed by atoms with Crippen LogP contribution >= 0.6 is 0 Å². The molecule has 0 saturated heterocycles. The van der Waals surface area contributed by atoms with Gasteiger partial charge in [-0.1, -0.05) is 48.5 Å². The average molecular weight is 344 g/mol. The lowest BCUT2D eigenvalue weighted by atomic mass is 9.91. The van der Waals surface area contributed by atoms with Gasteiger partial charge in [-0.05, 0) is 17.2 Å². The number of para-hydroxylation sites is 1. The van der Waals surface area contributed by atoms with E-state index in [1.165, 1.54) is 16.5 Å². The van der Waals surface area contributed by atoms with Crippen LogP contribution in [0.4, 0.5) is 0 Å². The van der Waals surface area contributed by atoms with E-state index in [1.807, 2.05) is 36.5 Å². The lowest BCUT2D eigenvalue weighted by Crippen LogP contribution is -2.28. The first-order chi connectivity index (χ1) is 12.7. The number of hydrogen-bond acceptors (Lipinski definition) is 2. The van der Waals surface area contributed by atoms with Crippen molar-refractivity contribution in [3.63, 3.8) is 0 Å². The molecule has 0 aliphatic heterocycles. The van der Waals surface area contributed by atoms with Crippen LogP contribution in [0.3, 0.4) is 0 Å². The maximum atomic E-state index is 12.5. The molecular weight excluding hydrogens is 324 g/mol. The van der Waals surface area contributed by atoms with Crippen molar-refractivity contribution < 1.29 is 4.79 Å². The second-order valence-electron chi connectivity index (χ2n) is 6.37. The topological polar surface area (TPSA) is 62.7 Å². The number of benzene rings is 2. The Hall–Kier alpha value is -3.34. The highest BCUT2D eigenvalue weighted by molar-refractivity contribution is 5.93. The highest BCUT2D eigenvalue weighted by Gasteiger charge is 2.19. The van der Waals surface area contributed by atoms with Gasteiger partial charge in [0.15, 0.2) is 0 Å². The Morgan fingerprint density at radius 1 is 1.15 bits per heavy atom. The van der Waals surface area contributed by atoms with Crippen LogP contribution in [-0.4, -0.2) is 27.2 Å². The first-order valence-corrected chi connectivity index (χ1v) is 8.60. The van der Waals surface area contributed by atoms with Gasteiger partial charge in [0.05, 0.1) is 11.8 Å². The third-order valence-corrected chi connectivity index (χ3v) is 4.63. The van der Waals surface area contributed by atoms with E-state index in [2.05, 4.69) is 39.7 Å². The number of rotatable bonds is 5. The molecular formula is C21H20N4O. The highest BCUT2D eigenvalue weighted by atomic mass is 16.1. The molecule has 0 spiro atoms. The lowest BCUT2D eigenvalue weighted by molar-refractivity contribution is 0.0952. The molecule has 1 atom stereocenters. The zero-order valence-electron chi connectivity index (χ0n) is 14.5. The third-order valence-electron chi connectivity index (χ3n) is 4.63. The zero-order valence-corrected chi connectivity index (χ0v) is 14.5. The third kappa shape index (κ3) is 3.11. The summed E-state index contributed by atoms with van der Waals surface area (Å²) in [7, 11) is 1.80. The second-order valence-corrected chi connectivity index (χ2v) is 6.37. The van der Waals surface area contributed by atoms with Gasteiger partial charge >= 0.3 is 0 Å². The maximum Gasteiger partial charge on any atom is 0.254 e. The molecule has 5 nitrogen and oxygen atoms in total. The summed E-state index contributed by atoms with van der Waals surface area (Å²) in [5.74, 6) is -0.0492. The Bertz CT molecular complexity index is 1030. The number of aromatic amines is 1. The smallest absolute Gasteiger partial charge is 0.254 e. The number of carbonyl (C=O) groups is 1. The van der Waals surface area contributed by atoms with Crippen LogP contribution in [-0.2, 0) is 7.05 Å². The number of nitrogens with one attached hydrogen (secondary N) is 2. The van der Waals surface area contributed by atoms with Gasteiger partial charge in [-0.2, -0.15) is 5.10 Å². The molecule has 2 N–H and O–H groups in total. The molecule has 0 radical (unpaired) electrons. The molecule has 0 bridgehead atoms. The predicted octanol–water partition coefficient (Wildman–Crippen LogP) is 3.46. The van der Waals surface area contributed by atoms with Crippen molar-refractivity contribution >= 4 is 16.8 Å². The fourth-order valence-electron chi connectivity index (χ4n) is 3.31. The number of fused-ring (bicyclic) bond motifs is 1. The molecule has 4 rings (SSSR count). The molecule has 5 heteroatoms. The molecule has 4 aromatic rings. The van der Waals surface area contributed by atoms with Gasteiger partial charge in [0.25, 0.3) is 5.91 Å². The number of aromatic nitrogens is 3. The number of aryl methyl sites for hydroxylation is 1. The van der Waals surface area contributed by atoms with E-state index < -0.39 is 0 Å². The number of H-pyrrole nitrogens is 1. The highest BCUT2D eigenvalue weighted by Crippen LogP contribution is 2.30. The molecule has 130 valence electrons. The minimum Gasteiger partial charge on any atom is -0.361 e. The normalized spacial score (nSPS) is 12.2. The Morgan fingerprint density at radius 2 is 1.92 bits per heavy atom. The van der Waals surface area contributed by atoms with Gasteiger partial charge in [0.2, 0.25) is 0 Å². The van der Waals surface area contributed by atoms with Gasteiger partial charge in [0.1, 0.15) is 0 Å². The quantitative estimate of drug-likeness (QED) is 0.582. The number of hydrogen-bond donors (Lipinski definition) is 2. The zero-order chi connectivity index (χ0) is 17.9. The van der Waals surface area contributed by atoms with Crippen LogP contribution in [0.5, 0.6) is 0 Å². The summed E-state index contributed by atoms with van der Waals surface area (Å²) in [5.41, 5.74) is 4.02. The van der Waals surface area contributed by atoms with Gasteiger partial charge in [-0.25, -0.2) is 0 Å². The molecule has 0 unspecified atom stereocenters. The first-order valence-electron chi connectivity index (χ1n) is 8.60. The molecule has 0 aliphatic rings. The van der Waals surface area contributed by atoms with Crippen molar-refractivity contribution in [3.05, 3.63) is 89.9 Å². The van der Waals surface area contributed by atoms with Crippen LogP contribution in [0.2, 0.25) is 0 Å². The monoisotopic (exact) mass is 344 g/mol. The minimum atomic E-state index is -0.112. The van der Waals surface area contributed by atoms with Crippen LogP contribution in [0.25, 0.3) is 10.9 Å². The Kier molecular flexibility index (Phi) is 4.27. The summed E-state index contributed by atoms with van der Waals surface area (Å²) >= 11 is 0. The maximum absolute atomic E-state index is 12.5. The molecule has 2 aromatic heterocycles. The molecule has 0 saturated carbocycles. The van der Waals surface area contributed by atoms with E-state index in [-0.39, 0.29) is 11.8 Å². The van der Waals surface area contributed by atoms with Crippen molar-refractivity contribution in [3.8, 4) is 0 Å². The summed E-state index contributed by atoms with van der Waals surface area (Å²) in [4.78, 5) is 15.8. The Labute approximate surface area is 151 Å². The van der Waals surface area contributed by atoms with Crippen molar-refractivity contribution in [2.24, 2.45) is 7.05 Å². The fraction of sp³-hybridized carbons (Fsp3) is 0.143. The molecule has 2 heterocycles. The minimum absolute atomic E-state index is 0.0629. The Balaban J connectivity index is 1.65. The van der Waals surface area contributed by atoms with Crippen molar-refractivity contribution in [2.45, 2.75) is 5.92 Å². The van der Waals surface area contributed by atoms with E-state index in [0.717, 1.165) is 5.52 Å². The Morgan fingerprint density at radius 3 is 2.69 bits per heavy atom. The standard InChI is InChI=1S/C21H20N4O/c1-25-14-16(11-24-25)21(26)23-12-18(15-7-3-2-4-8-15)19-13-22-20-10-6-5-9-17(19)20/h2-11,13-14,18,22H,12H2,1H3,(H,23,26)/t18-/m1/s1. The largest absolute Gasteiger partial charge is 0.361 e. The van der Waals surface area contributed by atoms with Gasteiger partial charge in [-0.3, -0.25) is 9.48 Å². The summed E-state index contributed by atoms with van der Waals surface area (Å²) in [6, 6.07) is 18.5. The summed E-state index contributed by atoms with van der Waals surface area (Å²) in [6.45, 7) is 0.513. The second kappa shape index (κ2) is 6.88. The molecule has 1 amide bonds. The van der Waals surface area contributed by atoms with Gasteiger partial charge < -0.3 is 10.3 Å². The van der Waals surface area contributed by atoms with Crippen molar-refractivity contribution in [1.29, 1.82) is 0 Å². The van der Waals surface area contributed by atoms with E-state index in [0.29, 0.717) is 12.1 Å². The van der Waals surface area contributed by atoms with Crippen molar-refractivity contribution in [2.75, 3.05) is 6.54 Å². The van der Waals surface area contributed by atoms with Crippen LogP contribution in [0.15, 0.2) is 73.2 Å². The van der Waals surface area contributed by atoms with Gasteiger partial charge in [-0.15, -0.1) is 0 Å². The molecule has 0 fully saturated rings. The SMILES string of the molecule is Cn1cc(C(=O)NC[C@H](c2ccccc2)c2c[nH]c3ccccc23)cn1. The molecule has 2 aromatic carbocycles. The summed E-state index contributed by atoms with van der Waals surface area (Å²) < 4.78 is 1.63. The van der Waals surface area contributed by atoms with E-state index >= 15 is 0 Å². The number of amides is 1. The summed E-state index contributed by atoms with van der Waals surface area (Å²) in [6.07, 6.45) is 5.34. The molecule has 26 heavy (non-hydrogen) atoms. The van der Waals surface area contributed by atoms with Crippen LogP contribution < -0.4 is 5.32 Å². The predicted molar refractivity (Wildman–Crippen MR) is 102 cm³/mol. The number of nitrogens with zero attached hydrogens (tertiary/aromatic N) is 2.